The van der Waals surface area contributed by atoms with Crippen LogP contribution in [0.5, 0.6) is 0 Å². The van der Waals surface area contributed by atoms with E-state index in [1.165, 1.54) is 0 Å². The average molecular weight is 221 g/mol. The third kappa shape index (κ3) is 4.45. The van der Waals surface area contributed by atoms with Crippen LogP contribution in [0.4, 0.5) is 0 Å². The molecule has 3 nitrogen and oxygen atoms in total. The van der Waals surface area contributed by atoms with Crippen LogP contribution in [0.15, 0.2) is 30.3 Å². The Labute approximate surface area is 96.5 Å². The Morgan fingerprint density at radius 2 is 1.94 bits per heavy atom. The number of aliphatic hydroxyl groups is 1. The topological polar surface area (TPSA) is 49.3 Å². The van der Waals surface area contributed by atoms with Gasteiger partial charge >= 0.3 is 0 Å². The predicted molar refractivity (Wildman–Crippen MR) is 64.0 cm³/mol. The van der Waals surface area contributed by atoms with E-state index >= 15 is 0 Å². The van der Waals surface area contributed by atoms with Crippen LogP contribution in [0.25, 0.3) is 0 Å². The fourth-order valence-electron chi connectivity index (χ4n) is 1.48. The highest BCUT2D eigenvalue weighted by atomic mass is 16.3. The standard InChI is InChI=1S/C13H19NO2/c1-10(13(16)14-9-11(2)15)8-12-6-4-3-5-7-12/h3-7,10-11,15H,8-9H2,1-2H3,(H,14,16). The molecule has 0 radical (unpaired) electrons. The quantitative estimate of drug-likeness (QED) is 0.788. The first-order chi connectivity index (χ1) is 7.59. The molecule has 3 heteroatoms. The molecule has 1 amide bonds. The van der Waals surface area contributed by atoms with Crippen LogP contribution in [0.3, 0.4) is 0 Å². The number of benzene rings is 1. The Bertz CT molecular complexity index is 322. The fourth-order valence-corrected chi connectivity index (χ4v) is 1.48. The van der Waals surface area contributed by atoms with Gasteiger partial charge < -0.3 is 10.4 Å². The SMILES string of the molecule is CC(O)CNC(=O)C(C)Cc1ccccc1. The molecule has 0 fully saturated rings. The van der Waals surface area contributed by atoms with E-state index in [4.69, 9.17) is 5.11 Å². The van der Waals surface area contributed by atoms with Gasteiger partial charge in [0.15, 0.2) is 0 Å². The molecular weight excluding hydrogens is 202 g/mol. The van der Waals surface area contributed by atoms with Crippen molar-refractivity contribution >= 4 is 5.91 Å². The lowest BCUT2D eigenvalue weighted by molar-refractivity contribution is -0.124. The maximum Gasteiger partial charge on any atom is 0.223 e. The van der Waals surface area contributed by atoms with Crippen LogP contribution in [0.2, 0.25) is 0 Å². The Hall–Kier alpha value is -1.35. The van der Waals surface area contributed by atoms with Gasteiger partial charge in [-0.1, -0.05) is 37.3 Å². The van der Waals surface area contributed by atoms with Gasteiger partial charge in [0.25, 0.3) is 0 Å². The number of carbonyl (C=O) groups is 1. The van der Waals surface area contributed by atoms with Crippen molar-refractivity contribution < 1.29 is 9.90 Å². The molecule has 0 saturated carbocycles. The Morgan fingerprint density at radius 3 is 2.50 bits per heavy atom. The molecule has 1 aromatic carbocycles. The first kappa shape index (κ1) is 12.7. The predicted octanol–water partition coefficient (Wildman–Crippen LogP) is 1.36. The van der Waals surface area contributed by atoms with E-state index in [-0.39, 0.29) is 11.8 Å². The van der Waals surface area contributed by atoms with Crippen molar-refractivity contribution in [1.82, 2.24) is 5.32 Å². The van der Waals surface area contributed by atoms with E-state index in [1.54, 1.807) is 6.92 Å². The summed E-state index contributed by atoms with van der Waals surface area (Å²) in [5.41, 5.74) is 1.15. The van der Waals surface area contributed by atoms with Crippen molar-refractivity contribution in [2.75, 3.05) is 6.54 Å². The number of carbonyl (C=O) groups excluding carboxylic acids is 1. The normalized spacial score (nSPS) is 14.2. The number of aliphatic hydroxyl groups excluding tert-OH is 1. The molecule has 0 aliphatic heterocycles. The zero-order valence-electron chi connectivity index (χ0n) is 9.81. The second kappa shape index (κ2) is 6.28. The largest absolute Gasteiger partial charge is 0.392 e. The van der Waals surface area contributed by atoms with Gasteiger partial charge in [-0.05, 0) is 18.9 Å². The molecule has 1 rings (SSSR count). The van der Waals surface area contributed by atoms with Crippen LogP contribution in [0, 0.1) is 5.92 Å². The first-order valence-corrected chi connectivity index (χ1v) is 5.59. The van der Waals surface area contributed by atoms with E-state index in [2.05, 4.69) is 5.32 Å². The molecule has 2 N–H and O–H groups in total. The van der Waals surface area contributed by atoms with Crippen LogP contribution in [0.1, 0.15) is 19.4 Å². The third-order valence-electron chi connectivity index (χ3n) is 2.40. The summed E-state index contributed by atoms with van der Waals surface area (Å²) in [6, 6.07) is 9.92. The maximum atomic E-state index is 11.6. The molecule has 0 bridgehead atoms. The number of hydrogen-bond acceptors (Lipinski definition) is 2. The van der Waals surface area contributed by atoms with E-state index < -0.39 is 6.10 Å². The van der Waals surface area contributed by atoms with Crippen molar-refractivity contribution in [3.8, 4) is 0 Å². The van der Waals surface area contributed by atoms with E-state index in [9.17, 15) is 4.79 Å². The molecule has 0 aliphatic rings. The van der Waals surface area contributed by atoms with Crippen LogP contribution >= 0.6 is 0 Å². The second-order valence-electron chi connectivity index (χ2n) is 4.18. The highest BCUT2D eigenvalue weighted by Crippen LogP contribution is 2.07. The van der Waals surface area contributed by atoms with Gasteiger partial charge in [0, 0.05) is 12.5 Å². The van der Waals surface area contributed by atoms with Crippen LogP contribution < -0.4 is 5.32 Å². The fraction of sp³-hybridized carbons (Fsp3) is 0.462. The summed E-state index contributed by atoms with van der Waals surface area (Å²) in [5.74, 6) is -0.0779. The molecule has 0 heterocycles. The number of nitrogens with one attached hydrogen (secondary N) is 1. The van der Waals surface area contributed by atoms with Gasteiger partial charge in [0.05, 0.1) is 6.10 Å². The highest BCUT2D eigenvalue weighted by Gasteiger charge is 2.13. The minimum Gasteiger partial charge on any atom is -0.392 e. The van der Waals surface area contributed by atoms with Crippen molar-refractivity contribution in [3.63, 3.8) is 0 Å². The zero-order valence-corrected chi connectivity index (χ0v) is 9.81. The van der Waals surface area contributed by atoms with Crippen molar-refractivity contribution in [3.05, 3.63) is 35.9 Å². The van der Waals surface area contributed by atoms with Crippen molar-refractivity contribution in [2.24, 2.45) is 5.92 Å². The molecular formula is C13H19NO2. The summed E-state index contributed by atoms with van der Waals surface area (Å²) in [6.07, 6.45) is 0.236. The molecule has 2 atom stereocenters. The summed E-state index contributed by atoms with van der Waals surface area (Å²) >= 11 is 0. The second-order valence-corrected chi connectivity index (χ2v) is 4.18. The number of rotatable bonds is 5. The monoisotopic (exact) mass is 221 g/mol. The van der Waals surface area contributed by atoms with Gasteiger partial charge in [0.2, 0.25) is 5.91 Å². The lowest BCUT2D eigenvalue weighted by Gasteiger charge is -2.13. The number of hydrogen-bond donors (Lipinski definition) is 2. The van der Waals surface area contributed by atoms with E-state index in [1.807, 2.05) is 37.3 Å². The smallest absolute Gasteiger partial charge is 0.223 e. The lowest BCUT2D eigenvalue weighted by atomic mass is 10.0. The summed E-state index contributed by atoms with van der Waals surface area (Å²) in [7, 11) is 0. The Kier molecular flexibility index (Phi) is 4.99. The van der Waals surface area contributed by atoms with Crippen molar-refractivity contribution in [1.29, 1.82) is 0 Å². The Balaban J connectivity index is 2.40. The van der Waals surface area contributed by atoms with Gasteiger partial charge in [0.1, 0.15) is 0 Å². The number of amides is 1. The summed E-state index contributed by atoms with van der Waals surface area (Å²) < 4.78 is 0. The zero-order chi connectivity index (χ0) is 12.0. The molecule has 0 aromatic heterocycles. The van der Waals surface area contributed by atoms with Crippen LogP contribution in [-0.2, 0) is 11.2 Å². The molecule has 0 spiro atoms. The molecule has 0 aliphatic carbocycles. The molecule has 0 saturated heterocycles. The Morgan fingerprint density at radius 1 is 1.31 bits per heavy atom. The van der Waals surface area contributed by atoms with Gasteiger partial charge in [-0.25, -0.2) is 0 Å². The molecule has 2 unspecified atom stereocenters. The van der Waals surface area contributed by atoms with Crippen LogP contribution in [-0.4, -0.2) is 23.7 Å². The highest BCUT2D eigenvalue weighted by molar-refractivity contribution is 5.78. The average Bonchev–Trinajstić information content (AvgIpc) is 2.27. The lowest BCUT2D eigenvalue weighted by Crippen LogP contribution is -2.35. The molecule has 1 aromatic rings. The minimum atomic E-state index is -0.493. The van der Waals surface area contributed by atoms with E-state index in [0.717, 1.165) is 12.0 Å². The van der Waals surface area contributed by atoms with Crippen molar-refractivity contribution in [2.45, 2.75) is 26.4 Å². The maximum absolute atomic E-state index is 11.6. The summed E-state index contributed by atoms with van der Waals surface area (Å²) in [6.45, 7) is 3.87. The third-order valence-corrected chi connectivity index (χ3v) is 2.40. The summed E-state index contributed by atoms with van der Waals surface area (Å²) in [5, 5.41) is 11.8. The van der Waals surface area contributed by atoms with Gasteiger partial charge in [-0.2, -0.15) is 0 Å². The van der Waals surface area contributed by atoms with Gasteiger partial charge in [-0.15, -0.1) is 0 Å². The minimum absolute atomic E-state index is 0.00949. The molecule has 88 valence electrons. The molecule has 16 heavy (non-hydrogen) atoms. The summed E-state index contributed by atoms with van der Waals surface area (Å²) in [4.78, 5) is 11.6. The van der Waals surface area contributed by atoms with Gasteiger partial charge in [-0.3, -0.25) is 4.79 Å². The first-order valence-electron chi connectivity index (χ1n) is 5.59. The van der Waals surface area contributed by atoms with E-state index in [0.29, 0.717) is 6.54 Å².